The van der Waals surface area contributed by atoms with Crippen molar-refractivity contribution in [2.75, 3.05) is 44.2 Å². The maximum atomic E-state index is 14.4. The van der Waals surface area contributed by atoms with Crippen molar-refractivity contribution in [1.29, 1.82) is 0 Å². The van der Waals surface area contributed by atoms with Gasteiger partial charge in [-0.3, -0.25) is 9.59 Å². The maximum Gasteiger partial charge on any atom is 0.282 e. The van der Waals surface area contributed by atoms with E-state index in [1.54, 1.807) is 4.90 Å². The Labute approximate surface area is 283 Å². The summed E-state index contributed by atoms with van der Waals surface area (Å²) in [7, 11) is 0. The smallest absolute Gasteiger partial charge is 0.282 e. The van der Waals surface area contributed by atoms with Crippen LogP contribution in [0.1, 0.15) is 95.8 Å². The number of anilines is 1. The zero-order chi connectivity index (χ0) is 33.8. The first-order valence-electron chi connectivity index (χ1n) is 18.0. The highest BCUT2D eigenvalue weighted by molar-refractivity contribution is 5.97. The van der Waals surface area contributed by atoms with Crippen molar-refractivity contribution in [3.63, 3.8) is 0 Å². The van der Waals surface area contributed by atoms with Crippen molar-refractivity contribution >= 4 is 17.6 Å². The van der Waals surface area contributed by atoms with Gasteiger partial charge in [-0.25, -0.2) is 9.37 Å². The van der Waals surface area contributed by atoms with E-state index in [1.165, 1.54) is 50.2 Å². The Morgan fingerprint density at radius 2 is 1.81 bits per heavy atom. The first-order valence-corrected chi connectivity index (χ1v) is 18.0. The number of benzene rings is 1. The van der Waals surface area contributed by atoms with E-state index in [0.29, 0.717) is 23.8 Å². The molecule has 48 heavy (non-hydrogen) atoms. The van der Waals surface area contributed by atoms with Gasteiger partial charge in [-0.2, -0.15) is 0 Å². The van der Waals surface area contributed by atoms with E-state index in [4.69, 9.17) is 9.47 Å². The second-order valence-corrected chi connectivity index (χ2v) is 14.9. The fourth-order valence-corrected chi connectivity index (χ4v) is 8.31. The lowest BCUT2D eigenvalue weighted by Crippen LogP contribution is -2.48. The predicted octanol–water partition coefficient (Wildman–Crippen LogP) is 5.21. The van der Waals surface area contributed by atoms with Gasteiger partial charge in [0.1, 0.15) is 24.0 Å². The number of carbonyl (C=O) groups excluding carboxylic acids is 2. The van der Waals surface area contributed by atoms with Gasteiger partial charge in [-0.1, -0.05) is 0 Å². The van der Waals surface area contributed by atoms with Crippen molar-refractivity contribution in [2.45, 2.75) is 110 Å². The van der Waals surface area contributed by atoms with Gasteiger partial charge < -0.3 is 29.5 Å². The minimum Gasteiger partial charge on any atom is -0.434 e. The SMILES string of the molecule is CC(C)N(C(=O)c1cc(F)ccc1Oc1nncnc1N1CC[C@@H](CN2CCC3(CCC(NC(=O)[C@H]4CCCO4)CC3)CC2)C1)C(C)C. The van der Waals surface area contributed by atoms with Gasteiger partial charge in [-0.15, -0.1) is 10.2 Å². The summed E-state index contributed by atoms with van der Waals surface area (Å²) in [4.78, 5) is 37.1. The van der Waals surface area contributed by atoms with E-state index in [1.807, 2.05) is 27.7 Å². The molecule has 1 aliphatic carbocycles. The van der Waals surface area contributed by atoms with E-state index >= 15 is 0 Å². The number of nitrogens with one attached hydrogen (secondary N) is 1. The summed E-state index contributed by atoms with van der Waals surface area (Å²) in [6.07, 6.45) is 11.0. The molecule has 1 spiro atoms. The molecule has 3 aliphatic heterocycles. The third-order valence-corrected chi connectivity index (χ3v) is 10.9. The molecule has 4 fully saturated rings. The van der Waals surface area contributed by atoms with Gasteiger partial charge in [-0.05, 0) is 128 Å². The third kappa shape index (κ3) is 7.91. The Hall–Kier alpha value is -3.38. The number of ether oxygens (including phenoxy) is 2. The van der Waals surface area contributed by atoms with Gasteiger partial charge in [0.25, 0.3) is 11.8 Å². The molecule has 0 unspecified atom stereocenters. The molecule has 1 aromatic carbocycles. The van der Waals surface area contributed by atoms with Crippen molar-refractivity contribution in [3.8, 4) is 11.6 Å². The van der Waals surface area contributed by atoms with Crippen LogP contribution in [0.2, 0.25) is 0 Å². The summed E-state index contributed by atoms with van der Waals surface area (Å²) in [5, 5.41) is 11.5. The Morgan fingerprint density at radius 1 is 1.06 bits per heavy atom. The molecule has 12 heteroatoms. The van der Waals surface area contributed by atoms with Crippen LogP contribution < -0.4 is 15.0 Å². The molecule has 1 N–H and O–H groups in total. The molecule has 4 heterocycles. The van der Waals surface area contributed by atoms with E-state index in [9.17, 15) is 14.0 Å². The molecule has 1 saturated carbocycles. The van der Waals surface area contributed by atoms with Crippen LogP contribution in [0.15, 0.2) is 24.5 Å². The second kappa shape index (κ2) is 15.0. The number of piperidine rings is 1. The zero-order valence-electron chi connectivity index (χ0n) is 29.0. The van der Waals surface area contributed by atoms with Crippen LogP contribution in [0.25, 0.3) is 0 Å². The lowest BCUT2D eigenvalue weighted by molar-refractivity contribution is -0.131. The van der Waals surface area contributed by atoms with Crippen LogP contribution in [0.3, 0.4) is 0 Å². The number of aromatic nitrogens is 3. The van der Waals surface area contributed by atoms with Gasteiger partial charge in [0.15, 0.2) is 5.82 Å². The quantitative estimate of drug-likeness (QED) is 0.366. The molecular weight excluding hydrogens is 613 g/mol. The van der Waals surface area contributed by atoms with E-state index < -0.39 is 5.82 Å². The number of hydrogen-bond acceptors (Lipinski definition) is 9. The van der Waals surface area contributed by atoms with Crippen molar-refractivity contribution in [3.05, 3.63) is 35.9 Å². The number of amides is 2. The van der Waals surface area contributed by atoms with Crippen molar-refractivity contribution in [2.24, 2.45) is 11.3 Å². The number of rotatable bonds is 10. The van der Waals surface area contributed by atoms with Gasteiger partial charge >= 0.3 is 0 Å². The molecule has 1 aromatic heterocycles. The highest BCUT2D eigenvalue weighted by atomic mass is 19.1. The predicted molar refractivity (Wildman–Crippen MR) is 181 cm³/mol. The molecule has 0 bridgehead atoms. The van der Waals surface area contributed by atoms with Crippen molar-refractivity contribution in [1.82, 2.24) is 30.3 Å². The molecule has 4 aliphatic rings. The van der Waals surface area contributed by atoms with Crippen LogP contribution in [0, 0.1) is 17.2 Å². The Bertz CT molecular complexity index is 1410. The summed E-state index contributed by atoms with van der Waals surface area (Å²) in [6.45, 7) is 13.4. The Balaban J connectivity index is 1.02. The molecule has 3 saturated heterocycles. The minimum atomic E-state index is -0.507. The molecule has 11 nitrogen and oxygen atoms in total. The van der Waals surface area contributed by atoms with E-state index in [2.05, 4.69) is 30.3 Å². The lowest BCUT2D eigenvalue weighted by Gasteiger charge is -2.46. The van der Waals surface area contributed by atoms with E-state index in [0.717, 1.165) is 64.8 Å². The normalized spacial score (nSPS) is 23.3. The van der Waals surface area contributed by atoms with Crippen LogP contribution >= 0.6 is 0 Å². The Kier molecular flexibility index (Phi) is 10.8. The highest BCUT2D eigenvalue weighted by Crippen LogP contribution is 2.45. The highest BCUT2D eigenvalue weighted by Gasteiger charge is 2.40. The molecule has 262 valence electrons. The minimum absolute atomic E-state index is 0.0690. The standard InChI is InChI=1S/C36H52FN7O4/c1-24(2)44(25(3)4)35(46)29-20-27(37)7-8-30(29)48-34-32(38-23-39-41-34)43-16-11-26(22-43)21-42-17-14-36(15-18-42)12-9-28(10-13-36)40-33(45)31-6-5-19-47-31/h7-8,20,23-26,28,31H,5-6,9-19,21-22H2,1-4H3,(H,40,45)/t26-,31+/m0/s1. The maximum absolute atomic E-state index is 14.4. The molecule has 2 aromatic rings. The average Bonchev–Trinajstić information content (AvgIpc) is 3.78. The molecular formula is C36H52FN7O4. The van der Waals surface area contributed by atoms with Crippen LogP contribution in [0.4, 0.5) is 10.2 Å². The first kappa shape index (κ1) is 34.5. The largest absolute Gasteiger partial charge is 0.434 e. The number of nitrogens with zero attached hydrogens (tertiary/aromatic N) is 6. The van der Waals surface area contributed by atoms with Crippen LogP contribution in [-0.4, -0.2) is 100 Å². The molecule has 6 rings (SSSR count). The number of likely N-dealkylation sites (tertiary alicyclic amines) is 1. The summed E-state index contributed by atoms with van der Waals surface area (Å²) in [5.41, 5.74) is 0.553. The van der Waals surface area contributed by atoms with Gasteiger partial charge in [0.2, 0.25) is 5.91 Å². The van der Waals surface area contributed by atoms with Gasteiger partial charge in [0.05, 0.1) is 5.56 Å². The number of hydrogen-bond donors (Lipinski definition) is 1. The number of halogens is 1. The monoisotopic (exact) mass is 665 g/mol. The van der Waals surface area contributed by atoms with E-state index in [-0.39, 0.29) is 53.2 Å². The summed E-state index contributed by atoms with van der Waals surface area (Å²) < 4.78 is 26.2. The van der Waals surface area contributed by atoms with Crippen LogP contribution in [0.5, 0.6) is 11.6 Å². The first-order chi connectivity index (χ1) is 23.1. The van der Waals surface area contributed by atoms with Crippen molar-refractivity contribution < 1.29 is 23.5 Å². The lowest BCUT2D eigenvalue weighted by atomic mass is 9.67. The molecule has 2 atom stereocenters. The van der Waals surface area contributed by atoms with Gasteiger partial charge in [0, 0.05) is 44.4 Å². The summed E-state index contributed by atoms with van der Waals surface area (Å²) in [5.74, 6) is 0.787. The molecule has 0 radical (unpaired) electrons. The summed E-state index contributed by atoms with van der Waals surface area (Å²) in [6, 6.07) is 4.13. The fourth-order valence-electron chi connectivity index (χ4n) is 8.31. The third-order valence-electron chi connectivity index (χ3n) is 10.9. The number of carbonyl (C=O) groups is 2. The summed E-state index contributed by atoms with van der Waals surface area (Å²) >= 11 is 0. The topological polar surface area (TPSA) is 113 Å². The Morgan fingerprint density at radius 3 is 2.50 bits per heavy atom. The zero-order valence-corrected chi connectivity index (χ0v) is 29.0. The van der Waals surface area contributed by atoms with Crippen LogP contribution in [-0.2, 0) is 9.53 Å². The second-order valence-electron chi connectivity index (χ2n) is 14.9. The fraction of sp³-hybridized carbons (Fsp3) is 0.694. The molecule has 2 amide bonds. The average molecular weight is 666 g/mol.